The number of fused-ring (bicyclic) bond motifs is 1. The molecule has 1 aromatic rings. The second-order valence-corrected chi connectivity index (χ2v) is 4.96. The van der Waals surface area contributed by atoms with Gasteiger partial charge in [-0.25, -0.2) is 0 Å². The number of hydrogen-bond donors (Lipinski definition) is 2. The molecule has 2 aliphatic heterocycles. The first-order chi connectivity index (χ1) is 7.86. The molecule has 3 heterocycles. The predicted molar refractivity (Wildman–Crippen MR) is 59.9 cm³/mol. The monoisotopic (exact) mass is 239 g/mol. The van der Waals surface area contributed by atoms with Crippen molar-refractivity contribution in [1.82, 2.24) is 25.4 Å². The molecule has 6 nitrogen and oxygen atoms in total. The summed E-state index contributed by atoms with van der Waals surface area (Å²) in [6, 6.07) is -0.335. The maximum atomic E-state index is 11.7. The topological polar surface area (TPSA) is 71.8 Å². The molecule has 0 spiro atoms. The largest absolute Gasteiger partial charge is 0.353 e. The van der Waals surface area contributed by atoms with E-state index in [2.05, 4.69) is 25.4 Å². The van der Waals surface area contributed by atoms with Gasteiger partial charge in [-0.1, -0.05) is 0 Å². The van der Waals surface area contributed by atoms with Crippen molar-refractivity contribution in [2.45, 2.75) is 18.3 Å². The molecule has 86 valence electrons. The van der Waals surface area contributed by atoms with Crippen LogP contribution in [0, 0.1) is 0 Å². The SMILES string of the molecule is O=C1NCCNC1c1nnc2n1CCSC2. The van der Waals surface area contributed by atoms with Crippen molar-refractivity contribution < 1.29 is 4.79 Å². The van der Waals surface area contributed by atoms with Crippen molar-refractivity contribution in [1.29, 1.82) is 0 Å². The first-order valence-corrected chi connectivity index (χ1v) is 6.52. The lowest BCUT2D eigenvalue weighted by molar-refractivity contribution is -0.124. The summed E-state index contributed by atoms with van der Waals surface area (Å²) in [5.74, 6) is 3.69. The molecule has 7 heteroatoms. The highest BCUT2D eigenvalue weighted by molar-refractivity contribution is 7.98. The predicted octanol–water partition coefficient (Wildman–Crippen LogP) is -0.715. The molecule has 3 rings (SSSR count). The lowest BCUT2D eigenvalue weighted by Crippen LogP contribution is -2.48. The van der Waals surface area contributed by atoms with E-state index < -0.39 is 0 Å². The van der Waals surface area contributed by atoms with Gasteiger partial charge in [0.15, 0.2) is 5.82 Å². The number of amides is 1. The van der Waals surface area contributed by atoms with Crippen LogP contribution in [-0.4, -0.2) is 39.5 Å². The summed E-state index contributed by atoms with van der Waals surface area (Å²) in [4.78, 5) is 11.7. The number of thioether (sulfide) groups is 1. The fourth-order valence-corrected chi connectivity index (χ4v) is 2.89. The number of hydrogen-bond acceptors (Lipinski definition) is 5. The van der Waals surface area contributed by atoms with E-state index >= 15 is 0 Å². The van der Waals surface area contributed by atoms with Crippen LogP contribution < -0.4 is 10.6 Å². The van der Waals surface area contributed by atoms with E-state index in [4.69, 9.17) is 0 Å². The fourth-order valence-electron chi connectivity index (χ4n) is 2.04. The van der Waals surface area contributed by atoms with Crippen molar-refractivity contribution in [3.05, 3.63) is 11.6 Å². The fraction of sp³-hybridized carbons (Fsp3) is 0.667. The van der Waals surface area contributed by atoms with Crippen LogP contribution in [0.2, 0.25) is 0 Å². The lowest BCUT2D eigenvalue weighted by Gasteiger charge is -2.24. The molecule has 0 aromatic carbocycles. The van der Waals surface area contributed by atoms with Gasteiger partial charge in [0.1, 0.15) is 11.9 Å². The van der Waals surface area contributed by atoms with Crippen LogP contribution in [0.25, 0.3) is 0 Å². The zero-order chi connectivity index (χ0) is 11.0. The van der Waals surface area contributed by atoms with Crippen LogP contribution in [0.5, 0.6) is 0 Å². The zero-order valence-corrected chi connectivity index (χ0v) is 9.59. The summed E-state index contributed by atoms with van der Waals surface area (Å²) in [6.45, 7) is 2.37. The maximum Gasteiger partial charge on any atom is 0.245 e. The first-order valence-electron chi connectivity index (χ1n) is 5.37. The van der Waals surface area contributed by atoms with E-state index in [1.54, 1.807) is 0 Å². The van der Waals surface area contributed by atoms with Crippen LogP contribution >= 0.6 is 11.8 Å². The highest BCUT2D eigenvalue weighted by Gasteiger charge is 2.30. The van der Waals surface area contributed by atoms with Crippen molar-refractivity contribution in [3.63, 3.8) is 0 Å². The van der Waals surface area contributed by atoms with Crippen LogP contribution in [0.15, 0.2) is 0 Å². The summed E-state index contributed by atoms with van der Waals surface area (Å²) >= 11 is 1.85. The van der Waals surface area contributed by atoms with Crippen molar-refractivity contribution >= 4 is 17.7 Å². The van der Waals surface area contributed by atoms with Gasteiger partial charge in [0, 0.05) is 25.4 Å². The summed E-state index contributed by atoms with van der Waals surface area (Å²) in [5, 5.41) is 14.3. The number of piperazine rings is 1. The number of rotatable bonds is 1. The van der Waals surface area contributed by atoms with E-state index in [-0.39, 0.29) is 11.9 Å². The summed E-state index contributed by atoms with van der Waals surface area (Å²) in [7, 11) is 0. The zero-order valence-electron chi connectivity index (χ0n) is 8.77. The third-order valence-electron chi connectivity index (χ3n) is 2.84. The minimum Gasteiger partial charge on any atom is -0.353 e. The molecule has 0 aliphatic carbocycles. The second kappa shape index (κ2) is 4.06. The summed E-state index contributed by atoms with van der Waals surface area (Å²) in [5.41, 5.74) is 0. The second-order valence-electron chi connectivity index (χ2n) is 3.86. The third kappa shape index (κ3) is 1.60. The Balaban J connectivity index is 1.93. The molecular formula is C9H13N5OS. The van der Waals surface area contributed by atoms with Gasteiger partial charge in [0.2, 0.25) is 5.91 Å². The smallest absolute Gasteiger partial charge is 0.245 e. The third-order valence-corrected chi connectivity index (χ3v) is 3.77. The molecular weight excluding hydrogens is 226 g/mol. The van der Waals surface area contributed by atoms with E-state index in [0.717, 1.165) is 36.2 Å². The van der Waals surface area contributed by atoms with E-state index in [9.17, 15) is 4.79 Å². The molecule has 1 saturated heterocycles. The Bertz CT molecular complexity index is 418. The molecule has 0 radical (unpaired) electrons. The molecule has 1 aromatic heterocycles. The van der Waals surface area contributed by atoms with Gasteiger partial charge in [-0.3, -0.25) is 10.1 Å². The first kappa shape index (κ1) is 10.1. The molecule has 1 unspecified atom stereocenters. The summed E-state index contributed by atoms with van der Waals surface area (Å²) < 4.78 is 2.07. The Morgan fingerprint density at radius 3 is 3.19 bits per heavy atom. The maximum absolute atomic E-state index is 11.7. The van der Waals surface area contributed by atoms with Crippen LogP contribution in [0.4, 0.5) is 0 Å². The van der Waals surface area contributed by atoms with Gasteiger partial charge in [-0.05, 0) is 0 Å². The Kier molecular flexibility index (Phi) is 2.56. The van der Waals surface area contributed by atoms with Gasteiger partial charge >= 0.3 is 0 Å². The summed E-state index contributed by atoms with van der Waals surface area (Å²) in [6.07, 6.45) is 0. The Hall–Kier alpha value is -1.08. The normalized spacial score (nSPS) is 25.0. The van der Waals surface area contributed by atoms with E-state index in [1.807, 2.05) is 11.8 Å². The van der Waals surface area contributed by atoms with Crippen LogP contribution in [0.3, 0.4) is 0 Å². The van der Waals surface area contributed by atoms with Gasteiger partial charge in [0.25, 0.3) is 0 Å². The minimum atomic E-state index is -0.335. The average Bonchev–Trinajstić information content (AvgIpc) is 2.74. The number of nitrogens with zero attached hydrogens (tertiary/aromatic N) is 3. The molecule has 1 fully saturated rings. The highest BCUT2D eigenvalue weighted by atomic mass is 32.2. The Labute approximate surface area is 97.2 Å². The van der Waals surface area contributed by atoms with Gasteiger partial charge < -0.3 is 9.88 Å². The molecule has 2 aliphatic rings. The number of carbonyl (C=O) groups excluding carboxylic acids is 1. The molecule has 0 bridgehead atoms. The average molecular weight is 239 g/mol. The molecule has 1 amide bonds. The Morgan fingerprint density at radius 1 is 1.38 bits per heavy atom. The van der Waals surface area contributed by atoms with Gasteiger partial charge in [-0.15, -0.1) is 10.2 Å². The molecule has 1 atom stereocenters. The molecule has 0 saturated carbocycles. The van der Waals surface area contributed by atoms with Crippen molar-refractivity contribution in [2.75, 3.05) is 18.8 Å². The number of nitrogens with one attached hydrogen (secondary N) is 2. The minimum absolute atomic E-state index is 0.000300. The van der Waals surface area contributed by atoms with E-state index in [1.165, 1.54) is 0 Å². The number of aromatic nitrogens is 3. The van der Waals surface area contributed by atoms with Crippen molar-refractivity contribution in [2.24, 2.45) is 0 Å². The van der Waals surface area contributed by atoms with Crippen LogP contribution in [-0.2, 0) is 17.1 Å². The van der Waals surface area contributed by atoms with Gasteiger partial charge in [0.05, 0.1) is 5.75 Å². The number of carbonyl (C=O) groups is 1. The quantitative estimate of drug-likeness (QED) is 0.677. The van der Waals surface area contributed by atoms with E-state index in [0.29, 0.717) is 6.54 Å². The lowest BCUT2D eigenvalue weighted by atomic mass is 10.2. The molecule has 16 heavy (non-hydrogen) atoms. The standard InChI is InChI=1S/C9H13N5OS/c15-9-7(10-1-2-11-9)8-13-12-6-5-16-4-3-14(6)8/h7,10H,1-5H2,(H,11,15). The highest BCUT2D eigenvalue weighted by Crippen LogP contribution is 2.22. The Morgan fingerprint density at radius 2 is 2.31 bits per heavy atom. The van der Waals surface area contributed by atoms with Crippen molar-refractivity contribution in [3.8, 4) is 0 Å². The molecule has 2 N–H and O–H groups in total. The van der Waals surface area contributed by atoms with Gasteiger partial charge in [-0.2, -0.15) is 11.8 Å². The van der Waals surface area contributed by atoms with Crippen LogP contribution in [0.1, 0.15) is 17.7 Å².